The molecule has 1 saturated heterocycles. The minimum absolute atomic E-state index is 0.777. The summed E-state index contributed by atoms with van der Waals surface area (Å²) < 4.78 is 5.82. The number of likely N-dealkylation sites (tertiary alicyclic amines) is 1. The van der Waals surface area contributed by atoms with Crippen LogP contribution in [-0.2, 0) is 6.54 Å². The Morgan fingerprint density at radius 1 is 1.14 bits per heavy atom. The maximum absolute atomic E-state index is 5.82. The average molecular weight is 302 g/mol. The smallest absolute Gasteiger partial charge is 0.194 e. The van der Waals surface area contributed by atoms with Crippen LogP contribution in [0.1, 0.15) is 18.4 Å². The lowest BCUT2D eigenvalue weighted by Gasteiger charge is -2.16. The number of hydrogen-bond acceptors (Lipinski definition) is 5. The predicted octanol–water partition coefficient (Wildman–Crippen LogP) is 1.55. The summed E-state index contributed by atoms with van der Waals surface area (Å²) in [7, 11) is 2.07. The summed E-state index contributed by atoms with van der Waals surface area (Å²) in [5, 5.41) is 3.38. The summed E-state index contributed by atoms with van der Waals surface area (Å²) >= 11 is 0. The molecular weight excluding hydrogens is 276 g/mol. The quantitative estimate of drug-likeness (QED) is 0.865. The molecule has 0 bridgehead atoms. The van der Waals surface area contributed by atoms with Crippen LogP contribution in [0.25, 0.3) is 0 Å². The van der Waals surface area contributed by atoms with Crippen molar-refractivity contribution in [3.63, 3.8) is 0 Å². The van der Waals surface area contributed by atoms with Gasteiger partial charge >= 0.3 is 0 Å². The van der Waals surface area contributed by atoms with Gasteiger partial charge in [-0.3, -0.25) is 9.89 Å². The third-order valence-electron chi connectivity index (χ3n) is 4.31. The van der Waals surface area contributed by atoms with Gasteiger partial charge in [0, 0.05) is 26.7 Å². The number of benzene rings is 1. The van der Waals surface area contributed by atoms with Gasteiger partial charge in [0.1, 0.15) is 12.4 Å². The van der Waals surface area contributed by atoms with Gasteiger partial charge < -0.3 is 15.0 Å². The first-order valence-corrected chi connectivity index (χ1v) is 8.25. The third kappa shape index (κ3) is 4.13. The Bertz CT molecular complexity index is 494. The molecule has 1 aromatic carbocycles. The number of likely N-dealkylation sites (N-methyl/N-ethyl adjacent to an activating group) is 1. The zero-order valence-corrected chi connectivity index (χ0v) is 13.4. The summed E-state index contributed by atoms with van der Waals surface area (Å²) in [6.07, 6.45) is 2.67. The van der Waals surface area contributed by atoms with Gasteiger partial charge in [-0.25, -0.2) is 0 Å². The average Bonchev–Trinajstić information content (AvgIpc) is 3.18. The summed E-state index contributed by atoms with van der Waals surface area (Å²) in [4.78, 5) is 9.05. The molecule has 1 fully saturated rings. The van der Waals surface area contributed by atoms with Crippen LogP contribution in [0.4, 0.5) is 0 Å². The number of nitrogens with one attached hydrogen (secondary N) is 1. The highest BCUT2D eigenvalue weighted by atomic mass is 16.5. The second kappa shape index (κ2) is 7.49. The highest BCUT2D eigenvalue weighted by molar-refractivity contribution is 5.81. The lowest BCUT2D eigenvalue weighted by atomic mass is 10.2. The number of rotatable bonds is 6. The molecule has 2 heterocycles. The van der Waals surface area contributed by atoms with Crippen LogP contribution in [0, 0.1) is 0 Å². The van der Waals surface area contributed by atoms with Gasteiger partial charge in [0.2, 0.25) is 0 Å². The molecule has 5 heteroatoms. The van der Waals surface area contributed by atoms with E-state index in [1.807, 2.05) is 0 Å². The van der Waals surface area contributed by atoms with Gasteiger partial charge in [-0.05, 0) is 43.6 Å². The SMILES string of the molecule is CN1CCN=C1NCc1ccc(OCCN2CCCC2)cc1. The normalized spacial score (nSPS) is 18.6. The highest BCUT2D eigenvalue weighted by Crippen LogP contribution is 2.13. The first-order chi connectivity index (χ1) is 10.8. The molecule has 0 spiro atoms. The summed E-state index contributed by atoms with van der Waals surface area (Å²) in [6.45, 7) is 6.97. The van der Waals surface area contributed by atoms with Crippen molar-refractivity contribution in [3.8, 4) is 5.75 Å². The predicted molar refractivity (Wildman–Crippen MR) is 89.4 cm³/mol. The van der Waals surface area contributed by atoms with Crippen molar-refractivity contribution in [1.29, 1.82) is 0 Å². The van der Waals surface area contributed by atoms with Gasteiger partial charge in [0.25, 0.3) is 0 Å². The van der Waals surface area contributed by atoms with Crippen molar-refractivity contribution in [2.75, 3.05) is 46.4 Å². The first kappa shape index (κ1) is 15.2. The molecule has 22 heavy (non-hydrogen) atoms. The number of guanidine groups is 1. The molecule has 0 unspecified atom stereocenters. The van der Waals surface area contributed by atoms with Crippen LogP contribution in [0.3, 0.4) is 0 Å². The molecular formula is C17H26N4O. The van der Waals surface area contributed by atoms with E-state index in [1.165, 1.54) is 31.5 Å². The maximum atomic E-state index is 5.82. The fourth-order valence-electron chi connectivity index (χ4n) is 2.91. The lowest BCUT2D eigenvalue weighted by Crippen LogP contribution is -2.35. The monoisotopic (exact) mass is 302 g/mol. The molecule has 0 radical (unpaired) electrons. The van der Waals surface area contributed by atoms with E-state index in [0.717, 1.165) is 44.5 Å². The molecule has 0 aliphatic carbocycles. The fraction of sp³-hybridized carbons (Fsp3) is 0.588. The molecule has 120 valence electrons. The zero-order valence-electron chi connectivity index (χ0n) is 13.4. The molecule has 0 saturated carbocycles. The Morgan fingerprint density at radius 2 is 1.91 bits per heavy atom. The molecule has 0 aromatic heterocycles. The van der Waals surface area contributed by atoms with Crippen LogP contribution in [0.15, 0.2) is 29.3 Å². The molecule has 0 atom stereocenters. The Morgan fingerprint density at radius 3 is 2.59 bits per heavy atom. The summed E-state index contributed by atoms with van der Waals surface area (Å²) in [5.41, 5.74) is 1.25. The molecule has 3 rings (SSSR count). The van der Waals surface area contributed by atoms with E-state index in [1.54, 1.807) is 0 Å². The molecule has 1 aromatic rings. The van der Waals surface area contributed by atoms with E-state index in [2.05, 4.69) is 51.4 Å². The first-order valence-electron chi connectivity index (χ1n) is 8.25. The van der Waals surface area contributed by atoms with Crippen molar-refractivity contribution in [2.45, 2.75) is 19.4 Å². The van der Waals surface area contributed by atoms with Crippen molar-refractivity contribution >= 4 is 5.96 Å². The van der Waals surface area contributed by atoms with Gasteiger partial charge in [-0.15, -0.1) is 0 Å². The fourth-order valence-corrected chi connectivity index (χ4v) is 2.91. The molecule has 2 aliphatic heterocycles. The van der Waals surface area contributed by atoms with Gasteiger partial charge in [-0.2, -0.15) is 0 Å². The topological polar surface area (TPSA) is 40.1 Å². The number of nitrogens with zero attached hydrogens (tertiary/aromatic N) is 3. The van der Waals surface area contributed by atoms with Crippen molar-refractivity contribution in [3.05, 3.63) is 29.8 Å². The van der Waals surface area contributed by atoms with Crippen LogP contribution in [0.2, 0.25) is 0 Å². The standard InChI is InChI=1S/C17H26N4O/c1-20-11-8-18-17(20)19-14-15-4-6-16(7-5-15)22-13-12-21-9-2-3-10-21/h4-7H,2-3,8-14H2,1H3,(H,18,19). The van der Waals surface area contributed by atoms with Crippen molar-refractivity contribution in [2.24, 2.45) is 4.99 Å². The second-order valence-corrected chi connectivity index (χ2v) is 6.02. The van der Waals surface area contributed by atoms with E-state index in [-0.39, 0.29) is 0 Å². The second-order valence-electron chi connectivity index (χ2n) is 6.02. The van der Waals surface area contributed by atoms with Crippen LogP contribution >= 0.6 is 0 Å². The van der Waals surface area contributed by atoms with Gasteiger partial charge in [-0.1, -0.05) is 12.1 Å². The van der Waals surface area contributed by atoms with Crippen LogP contribution in [-0.4, -0.2) is 62.1 Å². The van der Waals surface area contributed by atoms with Gasteiger partial charge in [0.15, 0.2) is 5.96 Å². The van der Waals surface area contributed by atoms with Crippen molar-refractivity contribution in [1.82, 2.24) is 15.1 Å². The Labute approximate surface area is 133 Å². The van der Waals surface area contributed by atoms with Crippen LogP contribution < -0.4 is 10.1 Å². The van der Waals surface area contributed by atoms with E-state index in [9.17, 15) is 0 Å². The Hall–Kier alpha value is -1.75. The molecule has 5 nitrogen and oxygen atoms in total. The maximum Gasteiger partial charge on any atom is 0.194 e. The van der Waals surface area contributed by atoms with Crippen molar-refractivity contribution < 1.29 is 4.74 Å². The number of ether oxygens (including phenoxy) is 1. The van der Waals surface area contributed by atoms with E-state index >= 15 is 0 Å². The minimum atomic E-state index is 0.777. The summed E-state index contributed by atoms with van der Waals surface area (Å²) in [6, 6.07) is 8.35. The van der Waals surface area contributed by atoms with E-state index < -0.39 is 0 Å². The van der Waals surface area contributed by atoms with Gasteiger partial charge in [0.05, 0.1) is 6.54 Å². The number of hydrogen-bond donors (Lipinski definition) is 1. The molecule has 0 amide bonds. The lowest BCUT2D eigenvalue weighted by molar-refractivity contribution is 0.238. The Balaban J connectivity index is 1.39. The largest absolute Gasteiger partial charge is 0.492 e. The third-order valence-corrected chi connectivity index (χ3v) is 4.31. The van der Waals surface area contributed by atoms with E-state index in [4.69, 9.17) is 4.74 Å². The summed E-state index contributed by atoms with van der Waals surface area (Å²) in [5.74, 6) is 1.95. The van der Waals surface area contributed by atoms with Crippen LogP contribution in [0.5, 0.6) is 5.75 Å². The molecule has 2 aliphatic rings. The highest BCUT2D eigenvalue weighted by Gasteiger charge is 2.12. The molecule has 1 N–H and O–H groups in total. The minimum Gasteiger partial charge on any atom is -0.492 e. The Kier molecular flexibility index (Phi) is 5.16. The zero-order chi connectivity index (χ0) is 15.2. The van der Waals surface area contributed by atoms with E-state index in [0.29, 0.717) is 0 Å². The number of aliphatic imine (C=N–C) groups is 1.